The lowest BCUT2D eigenvalue weighted by Gasteiger charge is -2.22. The monoisotopic (exact) mass is 583 g/mol. The number of hydrazone groups is 1. The predicted molar refractivity (Wildman–Crippen MR) is 148 cm³/mol. The van der Waals surface area contributed by atoms with Crippen LogP contribution in [0, 0.1) is 0 Å². The second kappa shape index (κ2) is 13.0. The maximum atomic E-state index is 12.5. The van der Waals surface area contributed by atoms with Gasteiger partial charge in [0.25, 0.3) is 5.91 Å². The summed E-state index contributed by atoms with van der Waals surface area (Å²) in [5, 5.41) is 4.96. The quantitative estimate of drug-likeness (QED) is 0.236. The van der Waals surface area contributed by atoms with E-state index < -0.39 is 22.5 Å². The third-order valence-electron chi connectivity index (χ3n) is 4.82. The van der Waals surface area contributed by atoms with Crippen molar-refractivity contribution < 1.29 is 22.7 Å². The molecule has 0 fully saturated rings. The molecule has 0 saturated heterocycles. The third kappa shape index (κ3) is 8.53. The van der Waals surface area contributed by atoms with Crippen LogP contribution in [0.4, 0.5) is 5.69 Å². The van der Waals surface area contributed by atoms with Crippen molar-refractivity contribution in [3.8, 4) is 11.5 Å². The predicted octanol–water partition coefficient (Wildman–Crippen LogP) is 5.54. The van der Waals surface area contributed by atoms with E-state index in [1.165, 1.54) is 24.4 Å². The molecule has 37 heavy (non-hydrogen) atoms. The maximum absolute atomic E-state index is 12.5. The molecule has 1 amide bonds. The topological polar surface area (TPSA) is 97.3 Å². The Morgan fingerprint density at radius 2 is 1.76 bits per heavy atom. The van der Waals surface area contributed by atoms with Crippen molar-refractivity contribution in [1.29, 1.82) is 0 Å². The van der Waals surface area contributed by atoms with Crippen LogP contribution in [0.2, 0.25) is 15.1 Å². The second-order valence-corrected chi connectivity index (χ2v) is 10.9. The molecular formula is C25H24Cl3N3O5S. The van der Waals surface area contributed by atoms with Gasteiger partial charge in [-0.3, -0.25) is 9.10 Å². The Morgan fingerprint density at radius 3 is 2.46 bits per heavy atom. The molecule has 12 heteroatoms. The van der Waals surface area contributed by atoms with Crippen molar-refractivity contribution in [3.05, 3.63) is 86.9 Å². The summed E-state index contributed by atoms with van der Waals surface area (Å²) in [7, 11) is -3.83. The largest absolute Gasteiger partial charge is 0.490 e. The van der Waals surface area contributed by atoms with E-state index in [0.717, 1.165) is 16.1 Å². The molecule has 3 aromatic rings. The van der Waals surface area contributed by atoms with E-state index in [2.05, 4.69) is 10.5 Å². The van der Waals surface area contributed by atoms with Gasteiger partial charge in [-0.2, -0.15) is 5.10 Å². The minimum atomic E-state index is -3.83. The number of nitrogens with zero attached hydrogens (tertiary/aromatic N) is 2. The molecule has 0 aliphatic rings. The first-order chi connectivity index (χ1) is 17.6. The van der Waals surface area contributed by atoms with Crippen LogP contribution in [0.5, 0.6) is 11.5 Å². The number of amides is 1. The summed E-state index contributed by atoms with van der Waals surface area (Å²) in [6, 6.07) is 16.9. The Labute approximate surface area is 230 Å². The molecule has 0 aromatic heterocycles. The second-order valence-electron chi connectivity index (χ2n) is 7.72. The molecule has 0 unspecified atom stereocenters. The maximum Gasteiger partial charge on any atom is 0.260 e. The van der Waals surface area contributed by atoms with Gasteiger partial charge >= 0.3 is 0 Å². The molecule has 0 aliphatic heterocycles. The van der Waals surface area contributed by atoms with Gasteiger partial charge in [-0.1, -0.05) is 46.9 Å². The minimum absolute atomic E-state index is 0.0884. The fraction of sp³-hybridized carbons (Fsp3) is 0.200. The number of carbonyl (C=O) groups is 1. The van der Waals surface area contributed by atoms with Crippen molar-refractivity contribution in [2.24, 2.45) is 5.10 Å². The zero-order valence-electron chi connectivity index (χ0n) is 19.9. The Morgan fingerprint density at radius 1 is 1.00 bits per heavy atom. The molecule has 1 N–H and O–H groups in total. The number of halogens is 3. The average Bonchev–Trinajstić information content (AvgIpc) is 2.83. The molecule has 0 radical (unpaired) electrons. The lowest BCUT2D eigenvalue weighted by atomic mass is 10.2. The summed E-state index contributed by atoms with van der Waals surface area (Å²) in [5.74, 6) is 0.355. The van der Waals surface area contributed by atoms with Crippen LogP contribution in [-0.4, -0.2) is 39.9 Å². The Bertz CT molecular complexity index is 1400. The van der Waals surface area contributed by atoms with Crippen LogP contribution < -0.4 is 19.2 Å². The van der Waals surface area contributed by atoms with Gasteiger partial charge in [-0.25, -0.2) is 13.8 Å². The van der Waals surface area contributed by atoms with Crippen LogP contribution in [0.3, 0.4) is 0 Å². The summed E-state index contributed by atoms with van der Waals surface area (Å²) in [6.45, 7) is 2.02. The Kier molecular flexibility index (Phi) is 10.0. The number of sulfonamides is 1. The fourth-order valence-electron chi connectivity index (χ4n) is 3.18. The number of benzene rings is 3. The molecule has 3 aromatic carbocycles. The smallest absolute Gasteiger partial charge is 0.260 e. The number of carbonyl (C=O) groups excluding carboxylic acids is 1. The van der Waals surface area contributed by atoms with Crippen molar-refractivity contribution in [2.75, 3.05) is 23.7 Å². The highest BCUT2D eigenvalue weighted by atomic mass is 35.5. The SMILES string of the molecule is CCOc1cc(/C=N\NC(=O)CN(c2cc(Cl)ccc2Cl)S(C)(=O)=O)ccc1OCc1cccc(Cl)c1. The lowest BCUT2D eigenvalue weighted by molar-refractivity contribution is -0.119. The zero-order valence-corrected chi connectivity index (χ0v) is 23.0. The van der Waals surface area contributed by atoms with Crippen LogP contribution in [-0.2, 0) is 21.4 Å². The molecule has 196 valence electrons. The van der Waals surface area contributed by atoms with Gasteiger partial charge < -0.3 is 9.47 Å². The number of hydrogen-bond donors (Lipinski definition) is 1. The standard InChI is InChI=1S/C25H24Cl3N3O5S/c1-3-35-24-12-17(7-10-23(24)36-16-18-5-4-6-19(26)11-18)14-29-30-25(32)15-31(37(2,33)34)22-13-20(27)8-9-21(22)28/h4-14H,3,15-16H2,1-2H3,(H,30,32)/b29-14-. The molecule has 0 aliphatic carbocycles. The van der Waals surface area contributed by atoms with E-state index in [4.69, 9.17) is 44.3 Å². The molecular weight excluding hydrogens is 561 g/mol. The summed E-state index contributed by atoms with van der Waals surface area (Å²) in [5.41, 5.74) is 3.94. The van der Waals surface area contributed by atoms with Crippen LogP contribution in [0.15, 0.2) is 65.8 Å². The van der Waals surface area contributed by atoms with Crippen molar-refractivity contribution in [1.82, 2.24) is 5.43 Å². The highest BCUT2D eigenvalue weighted by Crippen LogP contribution is 2.31. The van der Waals surface area contributed by atoms with Crippen molar-refractivity contribution in [3.63, 3.8) is 0 Å². The van der Waals surface area contributed by atoms with Gasteiger partial charge in [0.05, 0.1) is 29.8 Å². The summed E-state index contributed by atoms with van der Waals surface area (Å²) < 4.78 is 37.0. The van der Waals surface area contributed by atoms with Gasteiger partial charge in [0, 0.05) is 10.0 Å². The Balaban J connectivity index is 1.68. The molecule has 0 atom stereocenters. The number of hydrogen-bond acceptors (Lipinski definition) is 6. The number of nitrogens with one attached hydrogen (secondary N) is 1. The van der Waals surface area contributed by atoms with E-state index in [0.29, 0.717) is 35.3 Å². The zero-order chi connectivity index (χ0) is 27.0. The molecule has 0 bridgehead atoms. The lowest BCUT2D eigenvalue weighted by Crippen LogP contribution is -2.39. The van der Waals surface area contributed by atoms with Gasteiger partial charge in [0.1, 0.15) is 13.2 Å². The molecule has 8 nitrogen and oxygen atoms in total. The first-order valence-corrected chi connectivity index (χ1v) is 13.9. The molecule has 0 heterocycles. The highest BCUT2D eigenvalue weighted by molar-refractivity contribution is 7.92. The average molecular weight is 585 g/mol. The van der Waals surface area contributed by atoms with E-state index >= 15 is 0 Å². The minimum Gasteiger partial charge on any atom is -0.490 e. The van der Waals surface area contributed by atoms with E-state index in [9.17, 15) is 13.2 Å². The van der Waals surface area contributed by atoms with Gasteiger partial charge in [-0.05, 0) is 66.6 Å². The molecule has 0 spiro atoms. The van der Waals surface area contributed by atoms with E-state index in [-0.39, 0.29) is 15.7 Å². The number of ether oxygens (including phenoxy) is 2. The van der Waals surface area contributed by atoms with Gasteiger partial charge in [0.2, 0.25) is 10.0 Å². The first-order valence-electron chi connectivity index (χ1n) is 11.0. The third-order valence-corrected chi connectivity index (χ3v) is 6.73. The van der Waals surface area contributed by atoms with Crippen LogP contribution >= 0.6 is 34.8 Å². The van der Waals surface area contributed by atoms with Crippen LogP contribution in [0.25, 0.3) is 0 Å². The number of anilines is 1. The van der Waals surface area contributed by atoms with Crippen molar-refractivity contribution >= 4 is 62.6 Å². The van der Waals surface area contributed by atoms with Crippen molar-refractivity contribution in [2.45, 2.75) is 13.5 Å². The van der Waals surface area contributed by atoms with Crippen LogP contribution in [0.1, 0.15) is 18.1 Å². The summed E-state index contributed by atoms with van der Waals surface area (Å²) in [4.78, 5) is 12.5. The normalized spacial score (nSPS) is 11.4. The fourth-order valence-corrected chi connectivity index (χ4v) is 4.69. The Hall–Kier alpha value is -2.98. The van der Waals surface area contributed by atoms with E-state index in [1.54, 1.807) is 24.3 Å². The first kappa shape index (κ1) is 28.6. The highest BCUT2D eigenvalue weighted by Gasteiger charge is 2.23. The van der Waals surface area contributed by atoms with Gasteiger partial charge in [0.15, 0.2) is 11.5 Å². The van der Waals surface area contributed by atoms with Gasteiger partial charge in [-0.15, -0.1) is 0 Å². The van der Waals surface area contributed by atoms with E-state index in [1.807, 2.05) is 25.1 Å². The molecule has 3 rings (SSSR count). The summed E-state index contributed by atoms with van der Waals surface area (Å²) >= 11 is 18.1. The summed E-state index contributed by atoms with van der Waals surface area (Å²) in [6.07, 6.45) is 2.37. The number of rotatable bonds is 11. The molecule has 0 saturated carbocycles.